The molecule has 0 radical (unpaired) electrons. The Balaban J connectivity index is 1.87. The van der Waals surface area contributed by atoms with Crippen LogP contribution in [0.4, 0.5) is 13.2 Å². The number of aryl methyl sites for hydroxylation is 1. The van der Waals surface area contributed by atoms with Crippen molar-refractivity contribution < 1.29 is 13.2 Å². The van der Waals surface area contributed by atoms with E-state index in [-0.39, 0.29) is 5.02 Å². The maximum Gasteiger partial charge on any atom is 0.416 e. The highest BCUT2D eigenvalue weighted by Gasteiger charge is 2.34. The van der Waals surface area contributed by atoms with Gasteiger partial charge in [-0.15, -0.1) is 0 Å². The van der Waals surface area contributed by atoms with E-state index in [0.717, 1.165) is 42.7 Å². The molecule has 7 heteroatoms. The van der Waals surface area contributed by atoms with Crippen LogP contribution in [-0.2, 0) is 12.6 Å². The van der Waals surface area contributed by atoms with E-state index in [9.17, 15) is 13.2 Å². The number of fused-ring (bicyclic) bond motifs is 1. The molecule has 3 nitrogen and oxygen atoms in total. The number of pyridine rings is 1. The summed E-state index contributed by atoms with van der Waals surface area (Å²) in [5.74, 6) is 1.66. The Kier molecular flexibility index (Phi) is 5.32. The summed E-state index contributed by atoms with van der Waals surface area (Å²) in [5, 5.41) is 0.0275. The third-order valence-electron chi connectivity index (χ3n) is 5.63. The second-order valence-corrected chi connectivity index (χ2v) is 8.07. The number of alkyl halides is 3. The summed E-state index contributed by atoms with van der Waals surface area (Å²) in [4.78, 5) is 9.30. The standard InChI is InChI=1S/C22H23ClF3N3/c1-3-5-17(13-6-7-13)29-18-10-11-27-20(21(18)28-19(29)4-2)15-9-8-14(12-16(15)23)22(24,25)26/h8-13,17H,3-7H2,1-2H3. The predicted octanol–water partition coefficient (Wildman–Crippen LogP) is 7.08. The van der Waals surface area contributed by atoms with Gasteiger partial charge in [-0.1, -0.05) is 37.9 Å². The summed E-state index contributed by atoms with van der Waals surface area (Å²) in [7, 11) is 0. The van der Waals surface area contributed by atoms with Gasteiger partial charge in [0.1, 0.15) is 11.3 Å². The zero-order valence-electron chi connectivity index (χ0n) is 16.4. The topological polar surface area (TPSA) is 30.7 Å². The highest BCUT2D eigenvalue weighted by Crippen LogP contribution is 2.45. The van der Waals surface area contributed by atoms with E-state index in [1.165, 1.54) is 18.9 Å². The van der Waals surface area contributed by atoms with Crippen molar-refractivity contribution >= 4 is 22.6 Å². The Bertz CT molecular complexity index is 1040. The molecule has 1 aromatic carbocycles. The highest BCUT2D eigenvalue weighted by molar-refractivity contribution is 6.33. The van der Waals surface area contributed by atoms with Crippen LogP contribution >= 0.6 is 11.6 Å². The Morgan fingerprint density at radius 3 is 2.55 bits per heavy atom. The molecule has 0 saturated heterocycles. The third kappa shape index (κ3) is 3.75. The SMILES string of the molecule is CCCC(C1CC1)n1c(CC)nc2c(-c3ccc(C(F)(F)F)cc3Cl)nccc21. The van der Waals surface area contributed by atoms with Crippen molar-refractivity contribution in [1.82, 2.24) is 14.5 Å². The van der Waals surface area contributed by atoms with Crippen LogP contribution in [0.3, 0.4) is 0 Å². The minimum atomic E-state index is -4.43. The number of imidazole rings is 1. The molecule has 0 aliphatic heterocycles. The van der Waals surface area contributed by atoms with E-state index in [4.69, 9.17) is 16.6 Å². The lowest BCUT2D eigenvalue weighted by Crippen LogP contribution is -2.14. The van der Waals surface area contributed by atoms with Gasteiger partial charge in [0.2, 0.25) is 0 Å². The Morgan fingerprint density at radius 2 is 1.97 bits per heavy atom. The van der Waals surface area contributed by atoms with Crippen LogP contribution in [0, 0.1) is 5.92 Å². The molecule has 0 N–H and O–H groups in total. The first kappa shape index (κ1) is 20.2. The number of aromatic nitrogens is 3. The van der Waals surface area contributed by atoms with Gasteiger partial charge in [-0.3, -0.25) is 4.98 Å². The molecule has 0 spiro atoms. The molecule has 1 unspecified atom stereocenters. The number of halogens is 4. The maximum absolute atomic E-state index is 13.0. The predicted molar refractivity (Wildman–Crippen MR) is 109 cm³/mol. The van der Waals surface area contributed by atoms with Crippen LogP contribution in [0.1, 0.15) is 57.0 Å². The van der Waals surface area contributed by atoms with E-state index in [1.807, 2.05) is 6.07 Å². The van der Waals surface area contributed by atoms with Gasteiger partial charge in [-0.2, -0.15) is 13.2 Å². The van der Waals surface area contributed by atoms with Gasteiger partial charge >= 0.3 is 6.18 Å². The number of rotatable bonds is 6. The lowest BCUT2D eigenvalue weighted by molar-refractivity contribution is -0.137. The van der Waals surface area contributed by atoms with Gasteiger partial charge in [-0.25, -0.2) is 4.98 Å². The fraction of sp³-hybridized carbons (Fsp3) is 0.455. The van der Waals surface area contributed by atoms with Crippen LogP contribution in [-0.4, -0.2) is 14.5 Å². The minimum absolute atomic E-state index is 0.0275. The summed E-state index contributed by atoms with van der Waals surface area (Å²) in [6.07, 6.45) is 2.68. The first-order valence-electron chi connectivity index (χ1n) is 10.1. The maximum atomic E-state index is 13.0. The lowest BCUT2D eigenvalue weighted by Gasteiger charge is -2.21. The zero-order valence-corrected chi connectivity index (χ0v) is 17.2. The molecule has 0 bridgehead atoms. The normalized spacial score (nSPS) is 15.8. The Hall–Kier alpha value is -2.08. The van der Waals surface area contributed by atoms with Crippen LogP contribution in [0.2, 0.25) is 5.02 Å². The fourth-order valence-corrected chi connectivity index (χ4v) is 4.39. The first-order chi connectivity index (χ1) is 13.8. The largest absolute Gasteiger partial charge is 0.416 e. The first-order valence-corrected chi connectivity index (χ1v) is 10.5. The molecular formula is C22H23ClF3N3. The van der Waals surface area contributed by atoms with Gasteiger partial charge in [0, 0.05) is 24.2 Å². The van der Waals surface area contributed by atoms with Crippen LogP contribution in [0.25, 0.3) is 22.3 Å². The molecule has 154 valence electrons. The van der Waals surface area contributed by atoms with Crippen molar-refractivity contribution in [1.29, 1.82) is 0 Å². The van der Waals surface area contributed by atoms with Crippen LogP contribution < -0.4 is 0 Å². The van der Waals surface area contributed by atoms with Gasteiger partial charge in [0.15, 0.2) is 0 Å². The zero-order chi connectivity index (χ0) is 20.8. The minimum Gasteiger partial charge on any atom is -0.324 e. The van der Waals surface area contributed by atoms with Crippen LogP contribution in [0.15, 0.2) is 30.5 Å². The van der Waals surface area contributed by atoms with E-state index in [2.05, 4.69) is 23.4 Å². The van der Waals surface area contributed by atoms with Crippen LogP contribution in [0.5, 0.6) is 0 Å². The smallest absolute Gasteiger partial charge is 0.324 e. The third-order valence-corrected chi connectivity index (χ3v) is 5.94. The van der Waals surface area contributed by atoms with Gasteiger partial charge < -0.3 is 4.57 Å². The van der Waals surface area contributed by atoms with Crippen molar-refractivity contribution in [3.63, 3.8) is 0 Å². The molecule has 2 heterocycles. The summed E-state index contributed by atoms with van der Waals surface area (Å²) in [5.41, 5.74) is 1.91. The van der Waals surface area contributed by atoms with Crippen molar-refractivity contribution in [2.24, 2.45) is 5.92 Å². The molecular weight excluding hydrogens is 399 g/mol. The van der Waals surface area contributed by atoms with Crippen molar-refractivity contribution in [3.05, 3.63) is 46.9 Å². The van der Waals surface area contributed by atoms with Crippen molar-refractivity contribution in [2.75, 3.05) is 0 Å². The summed E-state index contributed by atoms with van der Waals surface area (Å²) in [6, 6.07) is 5.75. The molecule has 1 atom stereocenters. The monoisotopic (exact) mass is 421 g/mol. The van der Waals surface area contributed by atoms with E-state index in [1.54, 1.807) is 6.20 Å². The molecule has 1 aliphatic carbocycles. The number of nitrogens with zero attached hydrogens (tertiary/aromatic N) is 3. The Labute approximate surface area is 172 Å². The number of benzene rings is 1. The fourth-order valence-electron chi connectivity index (χ4n) is 4.12. The molecule has 1 fully saturated rings. The van der Waals surface area contributed by atoms with E-state index >= 15 is 0 Å². The molecule has 4 rings (SSSR count). The Morgan fingerprint density at radius 1 is 1.21 bits per heavy atom. The molecule has 2 aromatic heterocycles. The number of hydrogen-bond donors (Lipinski definition) is 0. The second-order valence-electron chi connectivity index (χ2n) is 7.66. The van der Waals surface area contributed by atoms with E-state index in [0.29, 0.717) is 28.7 Å². The molecule has 0 amide bonds. The quantitative estimate of drug-likeness (QED) is 0.425. The van der Waals surface area contributed by atoms with E-state index < -0.39 is 11.7 Å². The van der Waals surface area contributed by atoms with Crippen molar-refractivity contribution in [2.45, 2.75) is 58.2 Å². The second kappa shape index (κ2) is 7.63. The molecule has 1 aliphatic rings. The lowest BCUT2D eigenvalue weighted by atomic mass is 10.1. The molecule has 1 saturated carbocycles. The molecule has 29 heavy (non-hydrogen) atoms. The summed E-state index contributed by atoms with van der Waals surface area (Å²) < 4.78 is 41.4. The number of hydrogen-bond acceptors (Lipinski definition) is 2. The highest BCUT2D eigenvalue weighted by atomic mass is 35.5. The van der Waals surface area contributed by atoms with Gasteiger partial charge in [0.05, 0.1) is 21.8 Å². The van der Waals surface area contributed by atoms with Gasteiger partial charge in [-0.05, 0) is 43.4 Å². The summed E-state index contributed by atoms with van der Waals surface area (Å²) >= 11 is 6.25. The average Bonchev–Trinajstić information content (AvgIpc) is 3.45. The average molecular weight is 422 g/mol. The summed E-state index contributed by atoms with van der Waals surface area (Å²) in [6.45, 7) is 4.26. The van der Waals surface area contributed by atoms with Crippen molar-refractivity contribution in [3.8, 4) is 11.3 Å². The van der Waals surface area contributed by atoms with Gasteiger partial charge in [0.25, 0.3) is 0 Å². The molecule has 3 aromatic rings.